The summed E-state index contributed by atoms with van der Waals surface area (Å²) in [6, 6.07) is 0. The summed E-state index contributed by atoms with van der Waals surface area (Å²) >= 11 is 0. The van der Waals surface area contributed by atoms with Crippen LogP contribution in [0.5, 0.6) is 0 Å². The maximum atomic E-state index is 12.8. The number of aliphatic hydroxyl groups is 4. The van der Waals surface area contributed by atoms with Crippen molar-refractivity contribution in [3.8, 4) is 0 Å². The second-order valence-corrected chi connectivity index (χ2v) is 11.7. The molecular weight excluding hydrogens is 520 g/mol. The molecule has 1 heterocycles. The van der Waals surface area contributed by atoms with Crippen LogP contribution in [0, 0.1) is 11.3 Å². The van der Waals surface area contributed by atoms with Gasteiger partial charge in [-0.05, 0) is 38.8 Å². The summed E-state index contributed by atoms with van der Waals surface area (Å²) in [5.74, 6) is -3.19. The van der Waals surface area contributed by atoms with E-state index >= 15 is 0 Å². The van der Waals surface area contributed by atoms with Gasteiger partial charge in [0, 0.05) is 35.8 Å². The van der Waals surface area contributed by atoms with Crippen LogP contribution in [0.3, 0.4) is 0 Å². The Balaban J connectivity index is 2.14. The molecular formula is C30H44O10. The van der Waals surface area contributed by atoms with Gasteiger partial charge in [-0.15, -0.1) is 0 Å². The molecule has 0 aromatic carbocycles. The normalized spacial score (nSPS) is 39.0. The average molecular weight is 565 g/mol. The first-order valence-electron chi connectivity index (χ1n) is 14.1. The lowest BCUT2D eigenvalue weighted by atomic mass is 9.56. The third kappa shape index (κ3) is 6.20. The molecule has 224 valence electrons. The third-order valence-electron chi connectivity index (χ3n) is 8.60. The van der Waals surface area contributed by atoms with E-state index in [-0.39, 0.29) is 17.6 Å². The number of aliphatic hydroxyl groups excluding tert-OH is 3. The summed E-state index contributed by atoms with van der Waals surface area (Å²) in [7, 11) is 0. The Bertz CT molecular complexity index is 1070. The number of ether oxygens (including phenoxy) is 3. The van der Waals surface area contributed by atoms with Crippen molar-refractivity contribution in [1.82, 2.24) is 0 Å². The van der Waals surface area contributed by atoms with Gasteiger partial charge in [0.25, 0.3) is 0 Å². The van der Waals surface area contributed by atoms with E-state index in [1.807, 2.05) is 0 Å². The summed E-state index contributed by atoms with van der Waals surface area (Å²) < 4.78 is 17.0. The molecule has 0 aromatic heterocycles. The molecule has 0 bridgehead atoms. The Morgan fingerprint density at radius 1 is 1.02 bits per heavy atom. The van der Waals surface area contributed by atoms with Crippen LogP contribution in [0.2, 0.25) is 0 Å². The van der Waals surface area contributed by atoms with E-state index in [2.05, 4.69) is 6.92 Å². The highest BCUT2D eigenvalue weighted by molar-refractivity contribution is 5.92. The first kappa shape index (κ1) is 32.0. The van der Waals surface area contributed by atoms with E-state index in [1.165, 1.54) is 39.0 Å². The van der Waals surface area contributed by atoms with Crippen molar-refractivity contribution < 1.29 is 49.0 Å². The molecule has 0 saturated carbocycles. The van der Waals surface area contributed by atoms with Gasteiger partial charge >= 0.3 is 17.9 Å². The lowest BCUT2D eigenvalue weighted by Gasteiger charge is -2.54. The van der Waals surface area contributed by atoms with Crippen molar-refractivity contribution in [2.24, 2.45) is 11.3 Å². The van der Waals surface area contributed by atoms with Crippen LogP contribution < -0.4 is 0 Å². The lowest BCUT2D eigenvalue weighted by molar-refractivity contribution is -0.202. The molecule has 0 aromatic rings. The number of esters is 3. The first-order chi connectivity index (χ1) is 18.7. The Hall–Kier alpha value is -2.53. The third-order valence-corrected chi connectivity index (χ3v) is 8.60. The maximum Gasteiger partial charge on any atom is 0.334 e. The zero-order valence-corrected chi connectivity index (χ0v) is 24.3. The number of hydrogen-bond acceptors (Lipinski definition) is 10. The molecule has 3 rings (SSSR count). The van der Waals surface area contributed by atoms with Crippen molar-refractivity contribution in [3.63, 3.8) is 0 Å². The minimum atomic E-state index is -1.99. The van der Waals surface area contributed by atoms with Crippen LogP contribution in [0.25, 0.3) is 0 Å². The highest BCUT2D eigenvalue weighted by Gasteiger charge is 2.61. The van der Waals surface area contributed by atoms with Crippen LogP contribution in [0.15, 0.2) is 34.9 Å². The lowest BCUT2D eigenvalue weighted by Crippen LogP contribution is -2.65. The predicted molar refractivity (Wildman–Crippen MR) is 145 cm³/mol. The summed E-state index contributed by atoms with van der Waals surface area (Å²) in [5.41, 5.74) is -2.81. The van der Waals surface area contributed by atoms with Crippen LogP contribution in [-0.4, -0.2) is 80.6 Å². The molecule has 0 fully saturated rings. The molecule has 10 nitrogen and oxygen atoms in total. The van der Waals surface area contributed by atoms with E-state index < -0.39 is 71.5 Å². The van der Waals surface area contributed by atoms with E-state index in [4.69, 9.17) is 14.2 Å². The number of hydrogen-bond donors (Lipinski definition) is 4. The van der Waals surface area contributed by atoms with Gasteiger partial charge in [-0.3, -0.25) is 9.59 Å². The van der Waals surface area contributed by atoms with Gasteiger partial charge in [0.2, 0.25) is 0 Å². The average Bonchev–Trinajstić information content (AvgIpc) is 3.14. The fraction of sp³-hybridized carbons (Fsp3) is 0.700. The predicted octanol–water partition coefficient (Wildman–Crippen LogP) is 2.42. The van der Waals surface area contributed by atoms with Crippen molar-refractivity contribution in [1.29, 1.82) is 0 Å². The Kier molecular flexibility index (Phi) is 10.0. The smallest absolute Gasteiger partial charge is 0.334 e. The molecule has 9 atom stereocenters. The summed E-state index contributed by atoms with van der Waals surface area (Å²) in [6.07, 6.45) is 0.546. The van der Waals surface area contributed by atoms with Crippen molar-refractivity contribution in [3.05, 3.63) is 34.9 Å². The summed E-state index contributed by atoms with van der Waals surface area (Å²) in [6.45, 7) is 9.26. The van der Waals surface area contributed by atoms with Crippen molar-refractivity contribution in [2.45, 2.75) is 122 Å². The van der Waals surface area contributed by atoms with Gasteiger partial charge in [0.15, 0.2) is 6.10 Å². The monoisotopic (exact) mass is 564 g/mol. The van der Waals surface area contributed by atoms with Crippen LogP contribution in [0.1, 0.15) is 80.1 Å². The molecule has 0 amide bonds. The molecule has 0 spiro atoms. The van der Waals surface area contributed by atoms with E-state index in [1.54, 1.807) is 13.8 Å². The van der Waals surface area contributed by atoms with Gasteiger partial charge < -0.3 is 34.6 Å². The largest absolute Gasteiger partial charge is 0.457 e. The van der Waals surface area contributed by atoms with Gasteiger partial charge in [0.1, 0.15) is 24.4 Å². The number of rotatable bonds is 8. The van der Waals surface area contributed by atoms with Crippen LogP contribution in [0.4, 0.5) is 0 Å². The van der Waals surface area contributed by atoms with Gasteiger partial charge in [0.05, 0.1) is 11.7 Å². The zero-order chi connectivity index (χ0) is 30.0. The van der Waals surface area contributed by atoms with Crippen molar-refractivity contribution >= 4 is 17.9 Å². The molecule has 3 aliphatic rings. The van der Waals surface area contributed by atoms with E-state index in [0.717, 1.165) is 25.7 Å². The van der Waals surface area contributed by atoms with Crippen molar-refractivity contribution in [2.75, 3.05) is 0 Å². The minimum Gasteiger partial charge on any atom is -0.457 e. The molecule has 40 heavy (non-hydrogen) atoms. The number of carbonyl (C=O) groups excluding carboxylic acids is 3. The molecule has 1 aliphatic heterocycles. The molecule has 4 N–H and O–H groups in total. The fourth-order valence-electron chi connectivity index (χ4n) is 6.29. The van der Waals surface area contributed by atoms with E-state index in [0.29, 0.717) is 12.0 Å². The number of fused-ring (bicyclic) bond motifs is 2. The molecule has 0 saturated heterocycles. The zero-order valence-electron chi connectivity index (χ0n) is 24.3. The SMILES string of the molecule is CCCCCCCC(=O)O[C@H]1/C(C)=C\[C@@H]2OC(=O)C(C)=C2[C@@H](OC(C)=O)[C@H]2[C@](C)(O)[C@H](O)C=C[C@]2(C)[C@@H](O)[C@@H]1O. The molecule has 0 unspecified atom stereocenters. The second-order valence-electron chi connectivity index (χ2n) is 11.7. The first-order valence-corrected chi connectivity index (χ1v) is 14.1. The molecule has 2 aliphatic carbocycles. The maximum absolute atomic E-state index is 12.8. The van der Waals surface area contributed by atoms with Gasteiger partial charge in [-0.1, -0.05) is 51.7 Å². The quantitative estimate of drug-likeness (QED) is 0.149. The topological polar surface area (TPSA) is 160 Å². The molecule has 0 radical (unpaired) electrons. The van der Waals surface area contributed by atoms with Crippen LogP contribution >= 0.6 is 0 Å². The Morgan fingerprint density at radius 2 is 1.68 bits per heavy atom. The number of unbranched alkanes of at least 4 members (excludes halogenated alkanes) is 4. The summed E-state index contributed by atoms with van der Waals surface area (Å²) in [4.78, 5) is 37.9. The highest BCUT2D eigenvalue weighted by atomic mass is 16.6. The van der Waals surface area contributed by atoms with Crippen LogP contribution in [-0.2, 0) is 28.6 Å². The Labute approximate surface area is 235 Å². The van der Waals surface area contributed by atoms with E-state index in [9.17, 15) is 34.8 Å². The number of carbonyl (C=O) groups is 3. The highest BCUT2D eigenvalue weighted by Crippen LogP contribution is 2.52. The fourth-order valence-corrected chi connectivity index (χ4v) is 6.29. The molecule has 10 heteroatoms. The van der Waals surface area contributed by atoms with Gasteiger partial charge in [-0.2, -0.15) is 0 Å². The minimum absolute atomic E-state index is 0.133. The Morgan fingerprint density at radius 3 is 2.30 bits per heavy atom. The summed E-state index contributed by atoms with van der Waals surface area (Å²) in [5, 5.41) is 45.6. The van der Waals surface area contributed by atoms with Gasteiger partial charge in [-0.25, -0.2) is 4.79 Å². The standard InChI is InChI=1S/C30H44O10/c1-7-8-9-10-11-12-21(33)40-24-16(2)15-19-22(17(3)28(36)39-19)25(38-18(4)31)26-29(5,27(35)23(24)34)14-13-20(32)30(26,6)37/h13-15,19-20,23-27,32,34-35,37H,7-12H2,1-6H3/b16-15-/t19-,20+,23+,24-,25+,26+,27-,29-,30+/m0/s1. The second kappa shape index (κ2) is 12.5.